The van der Waals surface area contributed by atoms with Gasteiger partial charge in [-0.2, -0.15) is 9.90 Å². The number of ether oxygens (including phenoxy) is 2. The number of nitrogens with zero attached hydrogens (tertiary/aromatic N) is 4. The first kappa shape index (κ1) is 15.9. The highest BCUT2D eigenvalue weighted by atomic mass is 32.1. The van der Waals surface area contributed by atoms with Gasteiger partial charge in [-0.15, -0.1) is 16.4 Å². The standard InChI is InChI=1S/C18H18N4O2S/c1-23-12-16-8-7-15(25-16)10-22-19-9-18(20-22)21-11-17(24-13-21)14-5-3-2-4-6-14/h2-9,11H,10,12-13H2,1H3. The van der Waals surface area contributed by atoms with E-state index in [0.717, 1.165) is 17.1 Å². The highest BCUT2D eigenvalue weighted by Crippen LogP contribution is 2.25. The molecule has 0 N–H and O–H groups in total. The first-order valence-corrected chi connectivity index (χ1v) is 8.77. The van der Waals surface area contributed by atoms with Crippen LogP contribution in [0.15, 0.2) is 54.9 Å². The molecule has 6 nitrogen and oxygen atoms in total. The van der Waals surface area contributed by atoms with Crippen molar-refractivity contribution in [3.63, 3.8) is 0 Å². The van der Waals surface area contributed by atoms with E-state index in [-0.39, 0.29) is 0 Å². The number of methoxy groups -OCH3 is 1. The normalized spacial score (nSPS) is 13.8. The molecule has 0 fully saturated rings. The zero-order valence-corrected chi connectivity index (χ0v) is 14.6. The highest BCUT2D eigenvalue weighted by Gasteiger charge is 2.19. The summed E-state index contributed by atoms with van der Waals surface area (Å²) in [5, 5.41) is 8.92. The highest BCUT2D eigenvalue weighted by molar-refractivity contribution is 7.11. The van der Waals surface area contributed by atoms with Gasteiger partial charge >= 0.3 is 0 Å². The van der Waals surface area contributed by atoms with E-state index in [0.29, 0.717) is 19.9 Å². The third kappa shape index (κ3) is 3.57. The van der Waals surface area contributed by atoms with Gasteiger partial charge in [-0.1, -0.05) is 30.3 Å². The van der Waals surface area contributed by atoms with Crippen LogP contribution in [0.4, 0.5) is 5.82 Å². The molecule has 1 aliphatic heterocycles. The lowest BCUT2D eigenvalue weighted by Gasteiger charge is -2.07. The Balaban J connectivity index is 1.45. The maximum Gasteiger partial charge on any atom is 0.177 e. The predicted octanol–water partition coefficient (Wildman–Crippen LogP) is 3.33. The van der Waals surface area contributed by atoms with E-state index < -0.39 is 0 Å². The summed E-state index contributed by atoms with van der Waals surface area (Å²) >= 11 is 1.72. The summed E-state index contributed by atoms with van der Waals surface area (Å²) in [5.41, 5.74) is 1.06. The van der Waals surface area contributed by atoms with Crippen LogP contribution in [0, 0.1) is 0 Å². The molecule has 0 spiro atoms. The molecule has 128 valence electrons. The molecule has 0 bridgehead atoms. The van der Waals surface area contributed by atoms with Gasteiger partial charge in [-0.3, -0.25) is 4.90 Å². The van der Waals surface area contributed by atoms with Gasteiger partial charge in [-0.25, -0.2) is 0 Å². The number of hydrogen-bond donors (Lipinski definition) is 0. The summed E-state index contributed by atoms with van der Waals surface area (Å²) in [6.07, 6.45) is 3.73. The number of rotatable bonds is 6. The molecular formula is C18H18N4O2S. The van der Waals surface area contributed by atoms with Crippen molar-refractivity contribution in [2.24, 2.45) is 0 Å². The molecule has 3 aromatic rings. The Morgan fingerprint density at radius 3 is 2.84 bits per heavy atom. The quantitative estimate of drug-likeness (QED) is 0.680. The van der Waals surface area contributed by atoms with E-state index in [1.165, 1.54) is 9.75 Å². The third-order valence-electron chi connectivity index (χ3n) is 3.81. The van der Waals surface area contributed by atoms with E-state index >= 15 is 0 Å². The van der Waals surface area contributed by atoms with Gasteiger partial charge < -0.3 is 9.47 Å². The summed E-state index contributed by atoms with van der Waals surface area (Å²) in [6.45, 7) is 1.73. The Kier molecular flexibility index (Phi) is 4.49. The molecule has 0 unspecified atom stereocenters. The zero-order valence-electron chi connectivity index (χ0n) is 13.8. The van der Waals surface area contributed by atoms with Gasteiger partial charge in [-0.05, 0) is 12.1 Å². The predicted molar refractivity (Wildman–Crippen MR) is 97.0 cm³/mol. The van der Waals surface area contributed by atoms with Crippen LogP contribution < -0.4 is 4.90 Å². The van der Waals surface area contributed by atoms with E-state index in [1.54, 1.807) is 29.4 Å². The van der Waals surface area contributed by atoms with E-state index in [9.17, 15) is 0 Å². The number of benzene rings is 1. The fourth-order valence-electron chi connectivity index (χ4n) is 2.61. The maximum atomic E-state index is 5.76. The molecule has 0 saturated carbocycles. The fourth-order valence-corrected chi connectivity index (χ4v) is 3.58. The second-order valence-corrected chi connectivity index (χ2v) is 6.89. The van der Waals surface area contributed by atoms with Crippen molar-refractivity contribution in [2.45, 2.75) is 13.2 Å². The van der Waals surface area contributed by atoms with E-state index in [2.05, 4.69) is 22.3 Å². The van der Waals surface area contributed by atoms with Gasteiger partial charge in [0.2, 0.25) is 0 Å². The number of aromatic nitrogens is 3. The Morgan fingerprint density at radius 2 is 2.00 bits per heavy atom. The van der Waals surface area contributed by atoms with Crippen molar-refractivity contribution < 1.29 is 9.47 Å². The third-order valence-corrected chi connectivity index (χ3v) is 4.85. The average molecular weight is 354 g/mol. The topological polar surface area (TPSA) is 52.4 Å². The SMILES string of the molecule is COCc1ccc(Cn2ncc(N3C=C(c4ccccc4)OC3)n2)s1. The van der Waals surface area contributed by atoms with Crippen LogP contribution in [0.5, 0.6) is 0 Å². The Bertz CT molecular complexity index is 872. The molecular weight excluding hydrogens is 336 g/mol. The van der Waals surface area contributed by atoms with E-state index in [4.69, 9.17) is 9.47 Å². The smallest absolute Gasteiger partial charge is 0.177 e. The second kappa shape index (κ2) is 7.08. The molecule has 1 aromatic carbocycles. The zero-order chi connectivity index (χ0) is 17.1. The maximum absolute atomic E-state index is 5.76. The lowest BCUT2D eigenvalue weighted by Crippen LogP contribution is -2.14. The second-order valence-electron chi connectivity index (χ2n) is 5.64. The number of thiophene rings is 1. The Labute approximate surface area is 149 Å². The first-order valence-electron chi connectivity index (χ1n) is 7.95. The van der Waals surface area contributed by atoms with Crippen LogP contribution in [0.2, 0.25) is 0 Å². The summed E-state index contributed by atoms with van der Waals surface area (Å²) in [5.74, 6) is 1.62. The molecule has 1 aliphatic rings. The van der Waals surface area contributed by atoms with Crippen LogP contribution in [-0.4, -0.2) is 28.8 Å². The molecule has 25 heavy (non-hydrogen) atoms. The molecule has 2 aromatic heterocycles. The first-order chi connectivity index (χ1) is 12.3. The van der Waals surface area contributed by atoms with Crippen molar-refractivity contribution in [1.82, 2.24) is 15.0 Å². The molecule has 0 radical (unpaired) electrons. The van der Waals surface area contributed by atoms with Crippen LogP contribution in [0.1, 0.15) is 15.3 Å². The van der Waals surface area contributed by atoms with Crippen LogP contribution in [0.25, 0.3) is 5.76 Å². The lowest BCUT2D eigenvalue weighted by molar-refractivity contribution is 0.187. The average Bonchev–Trinajstić information content (AvgIpc) is 3.37. The van der Waals surface area contributed by atoms with E-state index in [1.807, 2.05) is 41.4 Å². The van der Waals surface area contributed by atoms with Crippen molar-refractivity contribution in [1.29, 1.82) is 0 Å². The number of hydrogen-bond acceptors (Lipinski definition) is 6. The molecule has 7 heteroatoms. The molecule has 3 heterocycles. The van der Waals surface area contributed by atoms with Gasteiger partial charge in [0.25, 0.3) is 0 Å². The minimum absolute atomic E-state index is 0.444. The molecule has 0 atom stereocenters. The molecule has 0 aliphatic carbocycles. The molecule has 4 rings (SSSR count). The largest absolute Gasteiger partial charge is 0.471 e. The number of anilines is 1. The summed E-state index contributed by atoms with van der Waals surface area (Å²) in [4.78, 5) is 6.06. The Hall–Kier alpha value is -2.64. The molecule has 0 amide bonds. The van der Waals surface area contributed by atoms with Crippen molar-refractivity contribution in [3.05, 3.63) is 70.2 Å². The van der Waals surface area contributed by atoms with Gasteiger partial charge in [0.05, 0.1) is 25.5 Å². The Morgan fingerprint density at radius 1 is 1.16 bits per heavy atom. The summed E-state index contributed by atoms with van der Waals surface area (Å²) in [6, 6.07) is 14.2. The van der Waals surface area contributed by atoms with Gasteiger partial charge in [0, 0.05) is 22.4 Å². The molecule has 0 saturated heterocycles. The van der Waals surface area contributed by atoms with Crippen LogP contribution in [0.3, 0.4) is 0 Å². The summed E-state index contributed by atoms with van der Waals surface area (Å²) in [7, 11) is 1.70. The van der Waals surface area contributed by atoms with Crippen molar-refractivity contribution >= 4 is 22.9 Å². The minimum atomic E-state index is 0.444. The van der Waals surface area contributed by atoms with Crippen molar-refractivity contribution in [2.75, 3.05) is 18.7 Å². The minimum Gasteiger partial charge on any atom is -0.471 e. The monoisotopic (exact) mass is 354 g/mol. The van der Waals surface area contributed by atoms with Crippen molar-refractivity contribution in [3.8, 4) is 0 Å². The van der Waals surface area contributed by atoms with Gasteiger partial charge in [0.15, 0.2) is 12.5 Å². The van der Waals surface area contributed by atoms with Crippen LogP contribution >= 0.6 is 11.3 Å². The van der Waals surface area contributed by atoms with Crippen LogP contribution in [-0.2, 0) is 22.6 Å². The lowest BCUT2D eigenvalue weighted by atomic mass is 10.2. The van der Waals surface area contributed by atoms with Gasteiger partial charge in [0.1, 0.15) is 5.76 Å². The fraction of sp³-hybridized carbons (Fsp3) is 0.222. The summed E-state index contributed by atoms with van der Waals surface area (Å²) < 4.78 is 10.9.